The molecule has 0 spiro atoms. The molecule has 1 aliphatic heterocycles. The molecule has 2 aromatic rings. The van der Waals surface area contributed by atoms with Crippen molar-refractivity contribution in [1.29, 1.82) is 5.26 Å². The van der Waals surface area contributed by atoms with E-state index < -0.39 is 5.54 Å². The number of nitrogens with zero attached hydrogens (tertiary/aromatic N) is 2. The Balaban J connectivity index is 1.72. The van der Waals surface area contributed by atoms with E-state index in [0.717, 1.165) is 37.0 Å². The fraction of sp³-hybridized carbons (Fsp3) is 0.500. The number of hydrogen-bond acceptors (Lipinski definition) is 7. The van der Waals surface area contributed by atoms with Crippen molar-refractivity contribution in [3.8, 4) is 11.8 Å². The monoisotopic (exact) mass is 591 g/mol. The van der Waals surface area contributed by atoms with Crippen LogP contribution in [0.3, 0.4) is 0 Å². The van der Waals surface area contributed by atoms with E-state index in [9.17, 15) is 0 Å². The second-order valence-corrected chi connectivity index (χ2v) is 12.1. The third kappa shape index (κ3) is 7.88. The molecule has 1 fully saturated rings. The molecule has 4 rings (SSSR count). The van der Waals surface area contributed by atoms with Gasteiger partial charge in [0.1, 0.15) is 5.75 Å². The molecule has 7 unspecified atom stereocenters. The van der Waals surface area contributed by atoms with E-state index in [1.807, 2.05) is 12.1 Å². The standard InChI is InChI=1S/C34H46N3O4P/c1-25-22-32(12-9-21-35)40-42-41-33(23-26(2)36-25)24-37(3)34(27-10-7-6-8-11-27,28-13-17-30(38-4)18-14-28)29-15-19-31(39-5)20-16-29/h6-8,10-11,13-19,25-26,31-33,36,42H,9,12,20,22-24H2,1-5H3. The van der Waals surface area contributed by atoms with Gasteiger partial charge in [0, 0.05) is 32.2 Å². The lowest BCUT2D eigenvalue weighted by atomic mass is 9.73. The predicted octanol–water partition coefficient (Wildman–Crippen LogP) is 6.51. The molecule has 0 bridgehead atoms. The number of nitrogens with one attached hydrogen (secondary N) is 1. The molecule has 2 aromatic carbocycles. The number of rotatable bonds is 10. The Kier molecular flexibility index (Phi) is 12.2. The molecule has 42 heavy (non-hydrogen) atoms. The molecule has 226 valence electrons. The third-order valence-electron chi connectivity index (χ3n) is 8.34. The summed E-state index contributed by atoms with van der Waals surface area (Å²) in [7, 11) is 5.57. The number of hydrogen-bond donors (Lipinski definition) is 1. The number of benzene rings is 2. The largest absolute Gasteiger partial charge is 0.497 e. The average molecular weight is 592 g/mol. The Morgan fingerprint density at radius 2 is 1.67 bits per heavy atom. The van der Waals surface area contributed by atoms with Crippen molar-refractivity contribution < 1.29 is 18.5 Å². The molecular formula is C34H46N3O4P. The van der Waals surface area contributed by atoms with Crippen molar-refractivity contribution in [2.75, 3.05) is 27.8 Å². The quantitative estimate of drug-likeness (QED) is 0.316. The van der Waals surface area contributed by atoms with E-state index in [2.05, 4.69) is 97.9 Å². The van der Waals surface area contributed by atoms with Crippen LogP contribution < -0.4 is 10.1 Å². The summed E-state index contributed by atoms with van der Waals surface area (Å²) >= 11 is 0. The van der Waals surface area contributed by atoms with Gasteiger partial charge in [0.15, 0.2) is 9.03 Å². The molecule has 0 amide bonds. The van der Waals surface area contributed by atoms with Crippen molar-refractivity contribution in [2.45, 2.75) is 81.9 Å². The lowest BCUT2D eigenvalue weighted by molar-refractivity contribution is 0.0730. The maximum Gasteiger partial charge on any atom is 0.155 e. The Morgan fingerprint density at radius 1 is 1.00 bits per heavy atom. The molecule has 2 aliphatic rings. The highest BCUT2D eigenvalue weighted by Gasteiger charge is 2.43. The first-order chi connectivity index (χ1) is 20.4. The van der Waals surface area contributed by atoms with Crippen LogP contribution in [-0.2, 0) is 19.3 Å². The van der Waals surface area contributed by atoms with Crippen molar-refractivity contribution >= 4 is 9.03 Å². The molecule has 1 N–H and O–H groups in total. The second kappa shape index (κ2) is 15.8. The molecule has 1 heterocycles. The van der Waals surface area contributed by atoms with Crippen LogP contribution in [0.2, 0.25) is 0 Å². The van der Waals surface area contributed by atoms with Crippen molar-refractivity contribution in [3.63, 3.8) is 0 Å². The second-order valence-electron chi connectivity index (χ2n) is 11.4. The minimum absolute atomic E-state index is 0.00290. The maximum absolute atomic E-state index is 9.12. The Labute approximate surface area is 253 Å². The first-order valence-electron chi connectivity index (χ1n) is 14.9. The molecule has 7 nitrogen and oxygen atoms in total. The highest BCUT2D eigenvalue weighted by Crippen LogP contribution is 2.45. The smallest absolute Gasteiger partial charge is 0.155 e. The van der Waals surface area contributed by atoms with Crippen molar-refractivity contribution in [3.05, 3.63) is 89.5 Å². The first-order valence-corrected chi connectivity index (χ1v) is 15.7. The number of methoxy groups -OCH3 is 2. The third-order valence-corrected chi connectivity index (χ3v) is 9.20. The van der Waals surface area contributed by atoms with Gasteiger partial charge in [0.05, 0.1) is 37.0 Å². The van der Waals surface area contributed by atoms with Gasteiger partial charge >= 0.3 is 0 Å². The van der Waals surface area contributed by atoms with Gasteiger partial charge in [-0.2, -0.15) is 5.26 Å². The lowest BCUT2D eigenvalue weighted by Gasteiger charge is -2.46. The Hall–Kier alpha value is -2.56. The van der Waals surface area contributed by atoms with Gasteiger partial charge in [-0.3, -0.25) is 4.90 Å². The van der Waals surface area contributed by atoms with E-state index in [0.29, 0.717) is 19.0 Å². The fourth-order valence-corrected chi connectivity index (χ4v) is 7.06. The molecule has 0 aromatic heterocycles. The Bertz CT molecular complexity index is 1220. The van der Waals surface area contributed by atoms with Gasteiger partial charge in [0.2, 0.25) is 0 Å². The SMILES string of the molecule is COc1ccc(C(C2=CCC(OC)C=C2)(c2ccccc2)N(C)CC2CC(C)NC(C)CC(CCC#N)OPO2)cc1. The summed E-state index contributed by atoms with van der Waals surface area (Å²) < 4.78 is 23.9. The molecule has 1 aliphatic carbocycles. The predicted molar refractivity (Wildman–Crippen MR) is 170 cm³/mol. The van der Waals surface area contributed by atoms with Crippen LogP contribution in [0.1, 0.15) is 57.1 Å². The van der Waals surface area contributed by atoms with Crippen LogP contribution in [0, 0.1) is 11.3 Å². The van der Waals surface area contributed by atoms with Crippen LogP contribution >= 0.6 is 9.03 Å². The van der Waals surface area contributed by atoms with Crippen LogP contribution in [-0.4, -0.2) is 63.1 Å². The zero-order valence-corrected chi connectivity index (χ0v) is 26.6. The van der Waals surface area contributed by atoms with Crippen LogP contribution in [0.5, 0.6) is 5.75 Å². The van der Waals surface area contributed by atoms with Gasteiger partial charge in [-0.25, -0.2) is 0 Å². The molecule has 8 heteroatoms. The minimum atomic E-state index is -0.579. The zero-order valence-electron chi connectivity index (χ0n) is 25.6. The molecule has 1 saturated heterocycles. The van der Waals surface area contributed by atoms with E-state index in [1.54, 1.807) is 14.2 Å². The molecular weight excluding hydrogens is 545 g/mol. The normalized spacial score (nSPS) is 27.2. The molecule has 7 atom stereocenters. The highest BCUT2D eigenvalue weighted by atomic mass is 31.1. The van der Waals surface area contributed by atoms with E-state index in [-0.39, 0.29) is 33.4 Å². The van der Waals surface area contributed by atoms with E-state index in [4.69, 9.17) is 23.8 Å². The minimum Gasteiger partial charge on any atom is -0.497 e. The Morgan fingerprint density at radius 3 is 2.29 bits per heavy atom. The number of nitriles is 1. The van der Waals surface area contributed by atoms with Gasteiger partial charge in [-0.05, 0) is 75.4 Å². The van der Waals surface area contributed by atoms with Crippen LogP contribution in [0.15, 0.2) is 78.4 Å². The van der Waals surface area contributed by atoms with Gasteiger partial charge < -0.3 is 23.8 Å². The molecule has 0 saturated carbocycles. The fourth-order valence-electron chi connectivity index (χ4n) is 6.34. The molecule has 0 radical (unpaired) electrons. The van der Waals surface area contributed by atoms with Crippen LogP contribution in [0.25, 0.3) is 0 Å². The van der Waals surface area contributed by atoms with Gasteiger partial charge in [-0.1, -0.05) is 60.7 Å². The average Bonchev–Trinajstić information content (AvgIpc) is 3.01. The summed E-state index contributed by atoms with van der Waals surface area (Å²) in [5, 5.41) is 12.9. The summed E-state index contributed by atoms with van der Waals surface area (Å²) in [5.41, 5.74) is 2.95. The van der Waals surface area contributed by atoms with Crippen molar-refractivity contribution in [1.82, 2.24) is 10.2 Å². The number of likely N-dealkylation sites (N-methyl/N-ethyl adjacent to an activating group) is 1. The van der Waals surface area contributed by atoms with E-state index >= 15 is 0 Å². The highest BCUT2D eigenvalue weighted by molar-refractivity contribution is 7.26. The summed E-state index contributed by atoms with van der Waals surface area (Å²) in [4.78, 5) is 2.43. The van der Waals surface area contributed by atoms with Gasteiger partial charge in [-0.15, -0.1) is 0 Å². The van der Waals surface area contributed by atoms with Crippen molar-refractivity contribution in [2.24, 2.45) is 0 Å². The summed E-state index contributed by atoms with van der Waals surface area (Å²) in [6.45, 7) is 5.11. The summed E-state index contributed by atoms with van der Waals surface area (Å²) in [5.74, 6) is 0.824. The van der Waals surface area contributed by atoms with Crippen LogP contribution in [0.4, 0.5) is 0 Å². The maximum atomic E-state index is 9.12. The lowest BCUT2D eigenvalue weighted by Crippen LogP contribution is -2.50. The topological polar surface area (TPSA) is 76.0 Å². The zero-order chi connectivity index (χ0) is 30.0. The number of ether oxygens (including phenoxy) is 2. The van der Waals surface area contributed by atoms with Gasteiger partial charge in [0.25, 0.3) is 0 Å². The summed E-state index contributed by atoms with van der Waals surface area (Å²) in [6, 6.07) is 21.9. The first kappa shape index (κ1) is 32.4. The summed E-state index contributed by atoms with van der Waals surface area (Å²) in [6.07, 6.45) is 10.4. The van der Waals surface area contributed by atoms with E-state index in [1.165, 1.54) is 11.1 Å².